The van der Waals surface area contributed by atoms with Crippen LogP contribution in [0.1, 0.15) is 106 Å². The summed E-state index contributed by atoms with van der Waals surface area (Å²) in [5.74, 6) is -4.82. The molecule has 3 aliphatic rings. The topological polar surface area (TPSA) is 247 Å². The van der Waals surface area contributed by atoms with Gasteiger partial charge in [-0.2, -0.15) is 0 Å². The van der Waals surface area contributed by atoms with E-state index in [9.17, 15) is 39.3 Å². The Morgan fingerprint density at radius 3 is 2.21 bits per heavy atom. The number of aliphatic hydroxyl groups is 3. The molecule has 2 aromatic carbocycles. The maximum Gasteiger partial charge on any atom is 0.247 e. The van der Waals surface area contributed by atoms with Gasteiger partial charge in [0.05, 0.1) is 41.5 Å². The van der Waals surface area contributed by atoms with Crippen molar-refractivity contribution in [3.05, 3.63) is 64.7 Å². The quantitative estimate of drug-likeness (QED) is 0.140. The molecular weight excluding hydrogens is 1000 g/mol. The maximum absolute atomic E-state index is 14.9. The SMILES string of the molecule is CO[C@]1(C)C[C@H](O[C@H]2[C@H](C)[C@@H](O[C@@H]3O[C@H](C)C[C@H](N(C)C)[C@H]3O)[C@](C)(O)C[C@@H](C)CN(C)C(=O)C[C@@H](Cc3ccc(NC(=O)[C@H](Cc4ccccc4Cl)NC(C)=O)cc3)NC(=O)[C@H](C(C)C)NC(=O)[C@@H]2C)O[C@@H](C)[C@@H]1O. The summed E-state index contributed by atoms with van der Waals surface area (Å²) in [5, 5.41) is 47.8. The van der Waals surface area contributed by atoms with Gasteiger partial charge in [-0.05, 0) is 102 Å². The summed E-state index contributed by atoms with van der Waals surface area (Å²) in [5.41, 5.74) is -0.906. The van der Waals surface area contributed by atoms with E-state index in [2.05, 4.69) is 21.3 Å². The predicted molar refractivity (Wildman–Crippen MR) is 288 cm³/mol. The Labute approximate surface area is 454 Å². The van der Waals surface area contributed by atoms with Gasteiger partial charge < -0.3 is 70.1 Å². The monoisotopic (exact) mass is 1090 g/mol. The first-order chi connectivity index (χ1) is 35.5. The Balaban J connectivity index is 1.48. The van der Waals surface area contributed by atoms with Crippen LogP contribution in [0.5, 0.6) is 0 Å². The highest BCUT2D eigenvalue weighted by Gasteiger charge is 2.51. The van der Waals surface area contributed by atoms with E-state index in [4.69, 9.17) is 35.3 Å². The number of anilines is 1. The molecule has 0 saturated carbocycles. The summed E-state index contributed by atoms with van der Waals surface area (Å²) in [6.45, 7) is 17.5. The minimum Gasteiger partial charge on any atom is -0.387 e. The molecule has 17 atom stereocenters. The minimum absolute atomic E-state index is 0.0810. The first kappa shape index (κ1) is 62.6. The van der Waals surface area contributed by atoms with Gasteiger partial charge in [0.15, 0.2) is 12.6 Å². The molecule has 3 saturated heterocycles. The van der Waals surface area contributed by atoms with Crippen molar-refractivity contribution < 1.29 is 63.0 Å². The van der Waals surface area contributed by atoms with Gasteiger partial charge in [-0.1, -0.05) is 76.6 Å². The number of nitrogens with one attached hydrogen (secondary N) is 4. The number of methoxy groups -OCH3 is 1. The molecule has 0 radical (unpaired) electrons. The molecule has 19 nitrogen and oxygen atoms in total. The molecule has 0 aromatic heterocycles. The second-order valence-corrected chi connectivity index (χ2v) is 23.2. The first-order valence-corrected chi connectivity index (χ1v) is 27.1. The molecule has 3 aliphatic heterocycles. The van der Waals surface area contributed by atoms with Crippen LogP contribution < -0.4 is 21.3 Å². The molecule has 0 bridgehead atoms. The van der Waals surface area contributed by atoms with E-state index >= 15 is 0 Å². The second kappa shape index (κ2) is 27.1. The number of carbonyl (C=O) groups excluding carboxylic acids is 5. The third-order valence-electron chi connectivity index (χ3n) is 15.4. The summed E-state index contributed by atoms with van der Waals surface area (Å²) in [6.07, 6.45) is -6.68. The van der Waals surface area contributed by atoms with Crippen LogP contribution in [-0.2, 0) is 60.5 Å². The van der Waals surface area contributed by atoms with Crippen molar-refractivity contribution in [1.29, 1.82) is 0 Å². The Morgan fingerprint density at radius 2 is 1.61 bits per heavy atom. The molecule has 3 fully saturated rings. The fraction of sp³-hybridized carbons (Fsp3) is 0.696. The van der Waals surface area contributed by atoms with Crippen molar-refractivity contribution in [2.75, 3.05) is 40.1 Å². The van der Waals surface area contributed by atoms with Crippen molar-refractivity contribution in [3.63, 3.8) is 0 Å². The van der Waals surface area contributed by atoms with Crippen LogP contribution >= 0.6 is 11.6 Å². The molecule has 2 aromatic rings. The number of hydrogen-bond acceptors (Lipinski definition) is 14. The van der Waals surface area contributed by atoms with E-state index in [-0.39, 0.29) is 68.5 Å². The van der Waals surface area contributed by atoms with Gasteiger partial charge in [-0.3, -0.25) is 24.0 Å². The van der Waals surface area contributed by atoms with Crippen LogP contribution in [0.2, 0.25) is 5.02 Å². The molecule has 0 unspecified atom stereocenters. The van der Waals surface area contributed by atoms with E-state index in [1.807, 2.05) is 32.8 Å². The van der Waals surface area contributed by atoms with Gasteiger partial charge >= 0.3 is 0 Å². The zero-order chi connectivity index (χ0) is 56.6. The molecule has 7 N–H and O–H groups in total. The van der Waals surface area contributed by atoms with E-state index in [1.165, 1.54) is 14.0 Å². The fourth-order valence-electron chi connectivity index (χ4n) is 11.1. The zero-order valence-electron chi connectivity index (χ0n) is 47.0. The minimum atomic E-state index is -1.70. The Hall–Kier alpha value is -4.28. The van der Waals surface area contributed by atoms with Gasteiger partial charge in [-0.25, -0.2) is 0 Å². The largest absolute Gasteiger partial charge is 0.387 e. The second-order valence-electron chi connectivity index (χ2n) is 22.8. The van der Waals surface area contributed by atoms with Crippen molar-refractivity contribution in [3.8, 4) is 0 Å². The fourth-order valence-corrected chi connectivity index (χ4v) is 11.3. The number of ether oxygens (including phenoxy) is 5. The van der Waals surface area contributed by atoms with Crippen molar-refractivity contribution in [1.82, 2.24) is 25.8 Å². The number of benzene rings is 2. The van der Waals surface area contributed by atoms with Crippen LogP contribution in [0.4, 0.5) is 5.69 Å². The molecule has 5 rings (SSSR count). The zero-order valence-corrected chi connectivity index (χ0v) is 47.8. The third kappa shape index (κ3) is 16.4. The summed E-state index contributed by atoms with van der Waals surface area (Å²) in [7, 11) is 6.89. The van der Waals surface area contributed by atoms with Gasteiger partial charge in [0.2, 0.25) is 29.5 Å². The van der Waals surface area contributed by atoms with Gasteiger partial charge in [0.1, 0.15) is 24.3 Å². The highest BCUT2D eigenvalue weighted by Crippen LogP contribution is 2.39. The van der Waals surface area contributed by atoms with Gasteiger partial charge in [0.25, 0.3) is 0 Å². The summed E-state index contributed by atoms with van der Waals surface area (Å²) in [4.78, 5) is 72.8. The lowest BCUT2D eigenvalue weighted by Crippen LogP contribution is -2.61. The molecule has 0 spiro atoms. The highest BCUT2D eigenvalue weighted by molar-refractivity contribution is 6.31. The van der Waals surface area contributed by atoms with E-state index in [0.29, 0.717) is 22.7 Å². The van der Waals surface area contributed by atoms with E-state index in [1.54, 1.807) is 109 Å². The molecule has 5 amide bonds. The van der Waals surface area contributed by atoms with Crippen molar-refractivity contribution in [2.24, 2.45) is 23.7 Å². The number of likely N-dealkylation sites (N-methyl/N-ethyl adjacent to an activating group) is 1. The van der Waals surface area contributed by atoms with Gasteiger partial charge in [-0.15, -0.1) is 0 Å². The van der Waals surface area contributed by atoms with Crippen molar-refractivity contribution >= 4 is 46.8 Å². The molecule has 0 aliphatic carbocycles. The summed E-state index contributed by atoms with van der Waals surface area (Å²) < 4.78 is 32.0. The lowest BCUT2D eigenvalue weighted by molar-refractivity contribution is -0.317. The predicted octanol–water partition coefficient (Wildman–Crippen LogP) is 4.20. The normalized spacial score (nSPS) is 35.0. The van der Waals surface area contributed by atoms with Crippen molar-refractivity contribution in [2.45, 2.75) is 192 Å². The average Bonchev–Trinajstić information content (AvgIpc) is 3.33. The smallest absolute Gasteiger partial charge is 0.247 e. The average molecular weight is 1090 g/mol. The Kier molecular flexibility index (Phi) is 22.3. The van der Waals surface area contributed by atoms with Crippen LogP contribution in [0.3, 0.4) is 0 Å². The number of nitrogens with zero attached hydrogens (tertiary/aromatic N) is 2. The number of amides is 5. The van der Waals surface area contributed by atoms with Crippen LogP contribution in [0.15, 0.2) is 48.5 Å². The standard InChI is InChI=1S/C56H87ClN6O13/c1-30(2)46-53(70)60-40(24-37-19-21-39(22-20-37)59-52(69)42(58-36(8)64)25-38-17-15-16-18-41(38)57)26-44(65)63(13)29-31(3)27-55(9,71)50(76-54-47(66)43(62(11)12)23-32(4)73-54)33(5)48(34(6)51(68)61-46)75-45-28-56(10,72-14)49(67)35(7)74-45/h15-22,30-35,40,42-43,45-50,54,66-67,71H,23-29H2,1-14H3,(H,58,64)(H,59,69)(H,60,70)(H,61,68)/t31-,32-,33+,34-,35+,40-,42+,43+,45+,46+,47-,48+,49+,50-,54+,55-,56-/m1/s1. The van der Waals surface area contributed by atoms with Crippen LogP contribution in [0.25, 0.3) is 0 Å². The number of carbonyl (C=O) groups is 5. The lowest BCUT2D eigenvalue weighted by atomic mass is 9.77. The number of aliphatic hydroxyl groups excluding tert-OH is 2. The van der Waals surface area contributed by atoms with Crippen LogP contribution in [-0.4, -0.2) is 174 Å². The van der Waals surface area contributed by atoms with Gasteiger partial charge in [0, 0.05) is 75.6 Å². The highest BCUT2D eigenvalue weighted by atomic mass is 35.5. The van der Waals surface area contributed by atoms with E-state index in [0.717, 1.165) is 5.56 Å². The Morgan fingerprint density at radius 1 is 0.947 bits per heavy atom. The Bertz CT molecular complexity index is 2270. The molecule has 20 heteroatoms. The summed E-state index contributed by atoms with van der Waals surface area (Å²) >= 11 is 6.38. The van der Waals surface area contributed by atoms with Crippen LogP contribution in [0, 0.1) is 23.7 Å². The number of hydrogen-bond donors (Lipinski definition) is 7. The maximum atomic E-state index is 14.9. The van der Waals surface area contributed by atoms with E-state index < -0.39 is 108 Å². The summed E-state index contributed by atoms with van der Waals surface area (Å²) in [6, 6.07) is 10.9. The number of rotatable bonds is 14. The molecular formula is C56H87ClN6O13. The third-order valence-corrected chi connectivity index (χ3v) is 15.8. The lowest BCUT2D eigenvalue weighted by Gasteiger charge is -2.49. The molecule has 76 heavy (non-hydrogen) atoms. The molecule has 426 valence electrons. The molecule has 3 heterocycles. The number of halogens is 1. The first-order valence-electron chi connectivity index (χ1n) is 26.7.